The number of carbonyl (C=O) groups excluding carboxylic acids is 3. The van der Waals surface area contributed by atoms with Gasteiger partial charge in [0.1, 0.15) is 17.3 Å². The maximum atomic E-state index is 12.0. The second-order valence-electron chi connectivity index (χ2n) is 5.25. The number of nitrogens with one attached hydrogen (secondary N) is 2. The van der Waals surface area contributed by atoms with Crippen LogP contribution in [0.3, 0.4) is 0 Å². The van der Waals surface area contributed by atoms with Gasteiger partial charge in [-0.3, -0.25) is 14.8 Å². The molecule has 0 spiro atoms. The molecule has 2 N–H and O–H groups in total. The number of unbranched alkanes of at least 4 members (excludes halogenated alkanes) is 1. The number of esters is 1. The summed E-state index contributed by atoms with van der Waals surface area (Å²) in [5.74, 6) is -2.02. The van der Waals surface area contributed by atoms with E-state index in [2.05, 4.69) is 5.10 Å². The van der Waals surface area contributed by atoms with Crippen molar-refractivity contribution in [1.82, 2.24) is 20.4 Å². The Balaban J connectivity index is 2.55. The molecule has 0 fully saturated rings. The van der Waals surface area contributed by atoms with Gasteiger partial charge in [0.2, 0.25) is 0 Å². The van der Waals surface area contributed by atoms with E-state index in [9.17, 15) is 27.6 Å². The normalized spacial score (nSPS) is 11.2. The minimum atomic E-state index is -4.61. The Morgan fingerprint density at radius 3 is 2.54 bits per heavy atom. The first kappa shape index (κ1) is 21.7. The van der Waals surface area contributed by atoms with Crippen LogP contribution in [0.25, 0.3) is 0 Å². The van der Waals surface area contributed by atoms with Gasteiger partial charge in [0.25, 0.3) is 5.91 Å². The fourth-order valence-corrected chi connectivity index (χ4v) is 2.17. The van der Waals surface area contributed by atoms with Crippen LogP contribution in [0.5, 0.6) is 0 Å². The molecule has 0 aliphatic heterocycles. The van der Waals surface area contributed by atoms with Crippen molar-refractivity contribution in [2.45, 2.75) is 39.4 Å². The molecular formula is C14H18ClF3N4O4. The summed E-state index contributed by atoms with van der Waals surface area (Å²) in [5.41, 5.74) is 0.288. The Bertz CT molecular complexity index is 676. The molecule has 3 amide bonds. The number of rotatable bonds is 7. The molecule has 0 aromatic carbocycles. The molecular weight excluding hydrogens is 381 g/mol. The molecule has 1 heterocycles. The van der Waals surface area contributed by atoms with Gasteiger partial charge in [-0.2, -0.15) is 18.3 Å². The van der Waals surface area contributed by atoms with Gasteiger partial charge in [0, 0.05) is 6.54 Å². The van der Waals surface area contributed by atoms with E-state index in [1.807, 2.05) is 6.92 Å². The predicted molar refractivity (Wildman–Crippen MR) is 84.8 cm³/mol. The number of alkyl halides is 3. The second-order valence-corrected chi connectivity index (χ2v) is 5.61. The number of aryl methyl sites for hydroxylation is 2. The largest absolute Gasteiger partial charge is 0.452 e. The first-order valence-electron chi connectivity index (χ1n) is 7.59. The van der Waals surface area contributed by atoms with Crippen molar-refractivity contribution in [3.63, 3.8) is 0 Å². The van der Waals surface area contributed by atoms with Crippen LogP contribution in [0, 0.1) is 6.92 Å². The number of halogens is 4. The summed E-state index contributed by atoms with van der Waals surface area (Å²) < 4.78 is 42.0. The van der Waals surface area contributed by atoms with Crippen molar-refractivity contribution in [2.75, 3.05) is 13.2 Å². The molecule has 1 aromatic rings. The Morgan fingerprint density at radius 1 is 1.31 bits per heavy atom. The Morgan fingerprint density at radius 2 is 1.96 bits per heavy atom. The van der Waals surface area contributed by atoms with Crippen LogP contribution in [0.15, 0.2) is 0 Å². The highest BCUT2D eigenvalue weighted by Crippen LogP contribution is 2.21. The lowest BCUT2D eigenvalue weighted by molar-refractivity contribution is -0.125. The molecule has 8 nitrogen and oxygen atoms in total. The number of imide groups is 1. The van der Waals surface area contributed by atoms with E-state index in [0.717, 1.165) is 12.8 Å². The number of carbonyl (C=O) groups is 3. The number of nitrogens with zero attached hydrogens (tertiary/aromatic N) is 2. The number of aromatic nitrogens is 2. The zero-order valence-corrected chi connectivity index (χ0v) is 14.8. The van der Waals surface area contributed by atoms with E-state index in [0.29, 0.717) is 12.2 Å². The fourth-order valence-electron chi connectivity index (χ4n) is 1.83. The second kappa shape index (κ2) is 9.41. The quantitative estimate of drug-likeness (QED) is 0.685. The lowest BCUT2D eigenvalue weighted by Gasteiger charge is -2.09. The average molecular weight is 399 g/mol. The molecule has 1 aromatic heterocycles. The topological polar surface area (TPSA) is 102 Å². The fraction of sp³-hybridized carbons (Fsp3) is 0.571. The van der Waals surface area contributed by atoms with Crippen LogP contribution in [0.2, 0.25) is 5.15 Å². The lowest BCUT2D eigenvalue weighted by atomic mass is 10.3. The Labute approximate surface area is 152 Å². The first-order valence-corrected chi connectivity index (χ1v) is 7.97. The van der Waals surface area contributed by atoms with Crippen molar-refractivity contribution >= 4 is 29.5 Å². The van der Waals surface area contributed by atoms with Gasteiger partial charge in [-0.05, 0) is 13.3 Å². The van der Waals surface area contributed by atoms with Gasteiger partial charge in [-0.25, -0.2) is 9.59 Å². The number of hydrogen-bond acceptors (Lipinski definition) is 5. The maximum Gasteiger partial charge on any atom is 0.405 e. The minimum Gasteiger partial charge on any atom is -0.452 e. The van der Waals surface area contributed by atoms with Crippen molar-refractivity contribution in [2.24, 2.45) is 0 Å². The highest BCUT2D eigenvalue weighted by Gasteiger charge is 2.28. The Hall–Kier alpha value is -2.30. The third-order valence-corrected chi connectivity index (χ3v) is 3.41. The van der Waals surface area contributed by atoms with Crippen molar-refractivity contribution in [1.29, 1.82) is 0 Å². The van der Waals surface area contributed by atoms with Gasteiger partial charge >= 0.3 is 18.2 Å². The maximum absolute atomic E-state index is 12.0. The molecule has 0 aliphatic rings. The number of amides is 3. The minimum absolute atomic E-state index is 0.0166. The summed E-state index contributed by atoms with van der Waals surface area (Å²) in [6.07, 6.45) is -2.92. The molecule has 0 saturated carbocycles. The molecule has 146 valence electrons. The van der Waals surface area contributed by atoms with Crippen LogP contribution in [0.1, 0.15) is 35.8 Å². The molecule has 0 radical (unpaired) electrons. The van der Waals surface area contributed by atoms with Crippen LogP contribution < -0.4 is 10.6 Å². The third kappa shape index (κ3) is 6.90. The van der Waals surface area contributed by atoms with Crippen LogP contribution in [-0.4, -0.2) is 47.0 Å². The molecule has 1 rings (SSSR count). The molecule has 12 heteroatoms. The van der Waals surface area contributed by atoms with Gasteiger partial charge in [0.15, 0.2) is 6.61 Å². The number of hydrogen-bond donors (Lipinski definition) is 2. The van der Waals surface area contributed by atoms with E-state index in [1.165, 1.54) is 16.9 Å². The van der Waals surface area contributed by atoms with E-state index < -0.39 is 37.2 Å². The summed E-state index contributed by atoms with van der Waals surface area (Å²) in [6.45, 7) is 1.55. The molecule has 0 saturated heterocycles. The van der Waals surface area contributed by atoms with Crippen LogP contribution in [-0.2, 0) is 16.1 Å². The predicted octanol–water partition coefficient (Wildman–Crippen LogP) is 2.19. The van der Waals surface area contributed by atoms with E-state index >= 15 is 0 Å². The van der Waals surface area contributed by atoms with Crippen LogP contribution in [0.4, 0.5) is 18.0 Å². The van der Waals surface area contributed by atoms with E-state index in [4.69, 9.17) is 16.3 Å². The number of urea groups is 1. The van der Waals surface area contributed by atoms with E-state index in [1.54, 1.807) is 5.32 Å². The van der Waals surface area contributed by atoms with Crippen molar-refractivity contribution in [3.05, 3.63) is 16.4 Å². The molecule has 26 heavy (non-hydrogen) atoms. The summed E-state index contributed by atoms with van der Waals surface area (Å²) in [5, 5.41) is 7.21. The highest BCUT2D eigenvalue weighted by atomic mass is 35.5. The van der Waals surface area contributed by atoms with E-state index in [-0.39, 0.29) is 10.7 Å². The van der Waals surface area contributed by atoms with Gasteiger partial charge in [-0.15, -0.1) is 0 Å². The zero-order chi connectivity index (χ0) is 19.9. The van der Waals surface area contributed by atoms with Crippen molar-refractivity contribution in [3.8, 4) is 0 Å². The summed E-state index contributed by atoms with van der Waals surface area (Å²) >= 11 is 6.07. The molecule has 0 bridgehead atoms. The summed E-state index contributed by atoms with van der Waals surface area (Å²) in [4.78, 5) is 34.6. The van der Waals surface area contributed by atoms with Crippen molar-refractivity contribution < 1.29 is 32.3 Å². The SMILES string of the molecule is CCCCn1nc(C)c(C(=O)OCC(=O)NC(=O)NCC(F)(F)F)c1Cl. The summed E-state index contributed by atoms with van der Waals surface area (Å²) in [7, 11) is 0. The van der Waals surface area contributed by atoms with Crippen LogP contribution >= 0.6 is 11.6 Å². The van der Waals surface area contributed by atoms with Gasteiger partial charge in [-0.1, -0.05) is 24.9 Å². The highest BCUT2D eigenvalue weighted by molar-refractivity contribution is 6.32. The molecule has 0 atom stereocenters. The lowest BCUT2D eigenvalue weighted by Crippen LogP contribution is -2.44. The monoisotopic (exact) mass is 398 g/mol. The van der Waals surface area contributed by atoms with Gasteiger partial charge < -0.3 is 10.1 Å². The van der Waals surface area contributed by atoms with Gasteiger partial charge in [0.05, 0.1) is 5.69 Å². The third-order valence-electron chi connectivity index (χ3n) is 3.03. The first-order chi connectivity index (χ1) is 12.0. The molecule has 0 aliphatic carbocycles. The average Bonchev–Trinajstić information content (AvgIpc) is 2.82. The molecule has 0 unspecified atom stereocenters. The smallest absolute Gasteiger partial charge is 0.405 e. The summed E-state index contributed by atoms with van der Waals surface area (Å²) in [6, 6.07) is -1.36. The number of ether oxygens (including phenoxy) is 1. The zero-order valence-electron chi connectivity index (χ0n) is 14.1. The Kier molecular flexibility index (Phi) is 7.87. The standard InChI is InChI=1S/C14H18ClF3N4O4/c1-3-4-5-22-11(15)10(8(2)21-22)12(24)26-6-9(23)20-13(25)19-7-14(16,17)18/h3-7H2,1-2H3,(H2,19,20,23,25).